The summed E-state index contributed by atoms with van der Waals surface area (Å²) in [6, 6.07) is 2.46. The Morgan fingerprint density at radius 1 is 1.47 bits per heavy atom. The van der Waals surface area contributed by atoms with Gasteiger partial charge in [-0.05, 0) is 39.3 Å². The van der Waals surface area contributed by atoms with Crippen molar-refractivity contribution in [1.29, 1.82) is 0 Å². The highest BCUT2D eigenvalue weighted by Gasteiger charge is 2.32. The van der Waals surface area contributed by atoms with E-state index in [2.05, 4.69) is 37.3 Å². The number of hydrogen-bond donors (Lipinski definition) is 1. The maximum absolute atomic E-state index is 5.77. The molecule has 0 aliphatic heterocycles. The van der Waals surface area contributed by atoms with Crippen LogP contribution in [0.1, 0.15) is 45.0 Å². The minimum Gasteiger partial charge on any atom is -0.377 e. The molecule has 1 rings (SSSR count). The van der Waals surface area contributed by atoms with Crippen molar-refractivity contribution in [2.75, 3.05) is 13.7 Å². The van der Waals surface area contributed by atoms with Crippen molar-refractivity contribution >= 4 is 0 Å². The van der Waals surface area contributed by atoms with Gasteiger partial charge in [0.25, 0.3) is 0 Å². The second kappa shape index (κ2) is 7.06. The normalized spacial score (nSPS) is 16.3. The molecule has 0 bridgehead atoms. The molecule has 4 nitrogen and oxygen atoms in total. The number of hydrogen-bond acceptors (Lipinski definition) is 3. The third-order valence-corrected chi connectivity index (χ3v) is 4.06. The van der Waals surface area contributed by atoms with Crippen LogP contribution >= 0.6 is 0 Å². The maximum atomic E-state index is 5.77. The Balaban J connectivity index is 2.88. The summed E-state index contributed by atoms with van der Waals surface area (Å²) in [4.78, 5) is 0. The Labute approximate surface area is 117 Å². The number of rotatable bonds is 8. The van der Waals surface area contributed by atoms with Crippen LogP contribution in [-0.2, 0) is 18.2 Å². The van der Waals surface area contributed by atoms with Crippen molar-refractivity contribution in [3.05, 3.63) is 17.5 Å². The Bertz CT molecular complexity index is 383. The van der Waals surface area contributed by atoms with Gasteiger partial charge >= 0.3 is 0 Å². The average Bonchev–Trinajstić information content (AvgIpc) is 2.71. The molecule has 0 saturated carbocycles. The van der Waals surface area contributed by atoms with E-state index >= 15 is 0 Å². The topological polar surface area (TPSA) is 39.1 Å². The van der Waals surface area contributed by atoms with Gasteiger partial charge < -0.3 is 10.1 Å². The zero-order valence-corrected chi connectivity index (χ0v) is 13.3. The van der Waals surface area contributed by atoms with E-state index in [4.69, 9.17) is 4.74 Å². The summed E-state index contributed by atoms with van der Waals surface area (Å²) >= 11 is 0. The van der Waals surface area contributed by atoms with E-state index in [0.717, 1.165) is 31.5 Å². The highest BCUT2D eigenvalue weighted by Crippen LogP contribution is 2.22. The van der Waals surface area contributed by atoms with Gasteiger partial charge in [-0.2, -0.15) is 5.10 Å². The molecule has 0 amide bonds. The molecule has 0 aliphatic rings. The van der Waals surface area contributed by atoms with E-state index in [-0.39, 0.29) is 5.60 Å². The minimum absolute atomic E-state index is 0.145. The Kier molecular flexibility index (Phi) is 6.01. The molecule has 1 aromatic rings. The lowest BCUT2D eigenvalue weighted by Crippen LogP contribution is -2.51. The van der Waals surface area contributed by atoms with Crippen molar-refractivity contribution in [1.82, 2.24) is 15.1 Å². The van der Waals surface area contributed by atoms with Gasteiger partial charge in [-0.3, -0.25) is 4.68 Å². The second-order valence-corrected chi connectivity index (χ2v) is 5.48. The molecule has 0 radical (unpaired) electrons. The molecule has 1 N–H and O–H groups in total. The lowest BCUT2D eigenvalue weighted by atomic mass is 9.89. The number of nitrogens with zero attached hydrogens (tertiary/aromatic N) is 2. The summed E-state index contributed by atoms with van der Waals surface area (Å²) < 4.78 is 7.75. The number of aryl methyl sites for hydroxylation is 2. The minimum atomic E-state index is -0.145. The third-order valence-electron chi connectivity index (χ3n) is 4.06. The van der Waals surface area contributed by atoms with E-state index < -0.39 is 0 Å². The summed E-state index contributed by atoms with van der Waals surface area (Å²) in [5.74, 6) is 0. The van der Waals surface area contributed by atoms with Crippen molar-refractivity contribution in [3.63, 3.8) is 0 Å². The maximum Gasteiger partial charge on any atom is 0.0804 e. The van der Waals surface area contributed by atoms with Crippen molar-refractivity contribution in [2.24, 2.45) is 7.05 Å². The molecular formula is C15H29N3O. The largest absolute Gasteiger partial charge is 0.377 e. The highest BCUT2D eigenvalue weighted by atomic mass is 16.5. The van der Waals surface area contributed by atoms with E-state index in [9.17, 15) is 0 Å². The summed E-state index contributed by atoms with van der Waals surface area (Å²) in [6.45, 7) is 9.60. The predicted molar refractivity (Wildman–Crippen MR) is 79.4 cm³/mol. The Morgan fingerprint density at radius 3 is 2.58 bits per heavy atom. The number of nitrogens with one attached hydrogen (secondary N) is 1. The molecule has 1 heterocycles. The molecule has 2 atom stereocenters. The van der Waals surface area contributed by atoms with E-state index in [1.807, 2.05) is 18.7 Å². The van der Waals surface area contributed by atoms with Crippen LogP contribution in [0.25, 0.3) is 0 Å². The van der Waals surface area contributed by atoms with Crippen LogP contribution in [0.15, 0.2) is 6.07 Å². The molecule has 2 unspecified atom stereocenters. The molecule has 0 saturated heterocycles. The fraction of sp³-hybridized carbons (Fsp3) is 0.800. The van der Waals surface area contributed by atoms with Gasteiger partial charge in [0.15, 0.2) is 0 Å². The summed E-state index contributed by atoms with van der Waals surface area (Å²) in [6.07, 6.45) is 3.06. The first kappa shape index (κ1) is 16.2. The average molecular weight is 267 g/mol. The summed E-state index contributed by atoms with van der Waals surface area (Å²) in [5, 5.41) is 8.06. The summed E-state index contributed by atoms with van der Waals surface area (Å²) in [5.41, 5.74) is 2.18. The van der Waals surface area contributed by atoms with E-state index in [1.165, 1.54) is 5.69 Å². The fourth-order valence-corrected chi connectivity index (χ4v) is 2.42. The smallest absolute Gasteiger partial charge is 0.0804 e. The zero-order valence-electron chi connectivity index (χ0n) is 13.3. The van der Waals surface area contributed by atoms with Crippen LogP contribution in [0.3, 0.4) is 0 Å². The van der Waals surface area contributed by atoms with Gasteiger partial charge in [0.1, 0.15) is 0 Å². The number of methoxy groups -OCH3 is 1. The Hall–Kier alpha value is -0.870. The molecule has 19 heavy (non-hydrogen) atoms. The SMILES string of the molecule is CCCNC(Cc1cc(C)nn1C)C(C)(CC)OC. The van der Waals surface area contributed by atoms with Crippen LogP contribution < -0.4 is 5.32 Å². The standard InChI is InChI=1S/C15H29N3O/c1-7-9-16-14(15(4,8-2)19-6)11-13-10-12(3)17-18(13)5/h10,14,16H,7-9,11H2,1-6H3. The van der Waals surface area contributed by atoms with Gasteiger partial charge in [0, 0.05) is 32.3 Å². The molecule has 1 aromatic heterocycles. The summed E-state index contributed by atoms with van der Waals surface area (Å²) in [7, 11) is 3.81. The quantitative estimate of drug-likeness (QED) is 0.786. The zero-order chi connectivity index (χ0) is 14.5. The van der Waals surface area contributed by atoms with Crippen LogP contribution in [0, 0.1) is 6.92 Å². The molecular weight excluding hydrogens is 238 g/mol. The van der Waals surface area contributed by atoms with Crippen molar-refractivity contribution in [2.45, 2.75) is 58.6 Å². The van der Waals surface area contributed by atoms with Gasteiger partial charge in [0.05, 0.1) is 11.3 Å². The first-order chi connectivity index (χ1) is 8.96. The Morgan fingerprint density at radius 2 is 2.16 bits per heavy atom. The van der Waals surface area contributed by atoms with E-state index in [0.29, 0.717) is 6.04 Å². The van der Waals surface area contributed by atoms with Gasteiger partial charge in [-0.1, -0.05) is 13.8 Å². The highest BCUT2D eigenvalue weighted by molar-refractivity contribution is 5.11. The number of ether oxygens (including phenoxy) is 1. The third kappa shape index (κ3) is 4.05. The first-order valence-electron chi connectivity index (χ1n) is 7.24. The lowest BCUT2D eigenvalue weighted by Gasteiger charge is -2.36. The van der Waals surface area contributed by atoms with Gasteiger partial charge in [-0.25, -0.2) is 0 Å². The molecule has 0 spiro atoms. The van der Waals surface area contributed by atoms with Gasteiger partial charge in [0.2, 0.25) is 0 Å². The van der Waals surface area contributed by atoms with Crippen molar-refractivity contribution < 1.29 is 4.74 Å². The van der Waals surface area contributed by atoms with Gasteiger partial charge in [-0.15, -0.1) is 0 Å². The molecule has 4 heteroatoms. The molecule has 0 aromatic carbocycles. The number of aromatic nitrogens is 2. The monoisotopic (exact) mass is 267 g/mol. The molecule has 0 fully saturated rings. The van der Waals surface area contributed by atoms with Crippen LogP contribution in [0.2, 0.25) is 0 Å². The predicted octanol–water partition coefficient (Wildman–Crippen LogP) is 2.45. The van der Waals surface area contributed by atoms with Crippen molar-refractivity contribution in [3.8, 4) is 0 Å². The van der Waals surface area contributed by atoms with Crippen LogP contribution in [-0.4, -0.2) is 35.1 Å². The lowest BCUT2D eigenvalue weighted by molar-refractivity contribution is -0.0291. The fourth-order valence-electron chi connectivity index (χ4n) is 2.42. The van der Waals surface area contributed by atoms with E-state index in [1.54, 1.807) is 7.11 Å². The van der Waals surface area contributed by atoms with Crippen LogP contribution in [0.4, 0.5) is 0 Å². The first-order valence-corrected chi connectivity index (χ1v) is 7.24. The molecule has 110 valence electrons. The molecule has 0 aliphatic carbocycles. The second-order valence-electron chi connectivity index (χ2n) is 5.48. The van der Waals surface area contributed by atoms with Crippen LogP contribution in [0.5, 0.6) is 0 Å².